The molecule has 3 aromatic carbocycles. The van der Waals surface area contributed by atoms with Crippen molar-refractivity contribution < 1.29 is 19.1 Å². The Hall–Kier alpha value is -3.32. The monoisotopic (exact) mass is 578 g/mol. The standard InChI is InChI=1S/C31H35BrN2O4/c1-31(2,3)33-30(36)26(19-22-7-5-4-6-8-22)34(21-24-9-13-25(32)14-10-24)29(35)16-12-23-11-15-27-28(20-23)38-18-17-37-27/h4-11,13-15,20,26H,12,16-19,21H2,1-3H3,(H,33,36)/t26-/m1/s1. The highest BCUT2D eigenvalue weighted by Crippen LogP contribution is 2.31. The summed E-state index contributed by atoms with van der Waals surface area (Å²) in [5.74, 6) is 1.20. The van der Waals surface area contributed by atoms with E-state index in [1.807, 2.05) is 93.6 Å². The lowest BCUT2D eigenvalue weighted by molar-refractivity contribution is -0.141. The minimum atomic E-state index is -0.659. The van der Waals surface area contributed by atoms with Gasteiger partial charge in [0, 0.05) is 29.4 Å². The second-order valence-corrected chi connectivity index (χ2v) is 11.5. The molecule has 0 spiro atoms. The molecule has 6 nitrogen and oxygen atoms in total. The third kappa shape index (κ3) is 7.84. The van der Waals surface area contributed by atoms with Gasteiger partial charge >= 0.3 is 0 Å². The third-order valence-electron chi connectivity index (χ3n) is 6.27. The van der Waals surface area contributed by atoms with Crippen LogP contribution in [0.3, 0.4) is 0 Å². The largest absolute Gasteiger partial charge is 0.486 e. The number of benzene rings is 3. The first kappa shape index (κ1) is 27.7. The predicted molar refractivity (Wildman–Crippen MR) is 152 cm³/mol. The van der Waals surface area contributed by atoms with Crippen LogP contribution in [0.5, 0.6) is 11.5 Å². The summed E-state index contributed by atoms with van der Waals surface area (Å²) in [6.07, 6.45) is 1.23. The Balaban J connectivity index is 1.60. The molecule has 1 heterocycles. The number of nitrogens with zero attached hydrogens (tertiary/aromatic N) is 1. The van der Waals surface area contributed by atoms with Gasteiger partial charge in [-0.15, -0.1) is 0 Å². The van der Waals surface area contributed by atoms with Crippen LogP contribution in [0.15, 0.2) is 77.3 Å². The molecule has 3 aromatic rings. The number of ether oxygens (including phenoxy) is 2. The summed E-state index contributed by atoms with van der Waals surface area (Å²) >= 11 is 3.48. The van der Waals surface area contributed by atoms with Crippen molar-refractivity contribution in [2.24, 2.45) is 0 Å². The number of carbonyl (C=O) groups is 2. The molecular formula is C31H35BrN2O4. The van der Waals surface area contributed by atoms with Gasteiger partial charge in [0.25, 0.3) is 0 Å². The van der Waals surface area contributed by atoms with Crippen molar-refractivity contribution in [1.82, 2.24) is 10.2 Å². The molecule has 1 atom stereocenters. The van der Waals surface area contributed by atoms with Crippen LogP contribution in [-0.4, -0.2) is 41.5 Å². The first-order valence-electron chi connectivity index (χ1n) is 13.0. The molecule has 2 amide bonds. The molecule has 0 unspecified atom stereocenters. The molecule has 0 saturated heterocycles. The Morgan fingerprint density at radius 3 is 2.24 bits per heavy atom. The molecule has 0 saturated carbocycles. The summed E-state index contributed by atoms with van der Waals surface area (Å²) in [6.45, 7) is 7.24. The van der Waals surface area contributed by atoms with E-state index in [-0.39, 0.29) is 18.2 Å². The van der Waals surface area contributed by atoms with Crippen molar-refractivity contribution >= 4 is 27.7 Å². The summed E-state index contributed by atoms with van der Waals surface area (Å²) in [5.41, 5.74) is 2.53. The Morgan fingerprint density at radius 1 is 0.895 bits per heavy atom. The number of hydrogen-bond donors (Lipinski definition) is 1. The van der Waals surface area contributed by atoms with E-state index in [0.29, 0.717) is 38.3 Å². The molecular weight excluding hydrogens is 544 g/mol. The number of hydrogen-bond acceptors (Lipinski definition) is 4. The second-order valence-electron chi connectivity index (χ2n) is 10.6. The van der Waals surface area contributed by atoms with Gasteiger partial charge < -0.3 is 19.7 Å². The van der Waals surface area contributed by atoms with Gasteiger partial charge in [0.2, 0.25) is 11.8 Å². The molecule has 1 aliphatic rings. The maximum absolute atomic E-state index is 13.9. The zero-order valence-corrected chi connectivity index (χ0v) is 23.8. The fraction of sp³-hybridized carbons (Fsp3) is 0.355. The Bertz CT molecular complexity index is 1240. The number of nitrogens with one attached hydrogen (secondary N) is 1. The Labute approximate surface area is 233 Å². The van der Waals surface area contributed by atoms with Crippen molar-refractivity contribution in [3.8, 4) is 11.5 Å². The predicted octanol–water partition coefficient (Wildman–Crippen LogP) is 5.71. The number of halogens is 1. The average Bonchev–Trinajstić information content (AvgIpc) is 2.90. The van der Waals surface area contributed by atoms with E-state index >= 15 is 0 Å². The lowest BCUT2D eigenvalue weighted by atomic mass is 9.99. The fourth-order valence-electron chi connectivity index (χ4n) is 4.43. The highest BCUT2D eigenvalue weighted by atomic mass is 79.9. The molecule has 4 rings (SSSR count). The van der Waals surface area contributed by atoms with Crippen LogP contribution in [0.4, 0.5) is 0 Å². The molecule has 0 bridgehead atoms. The van der Waals surface area contributed by atoms with Crippen LogP contribution in [-0.2, 0) is 29.0 Å². The van der Waals surface area contributed by atoms with Crippen molar-refractivity contribution in [3.63, 3.8) is 0 Å². The summed E-state index contributed by atoms with van der Waals surface area (Å²) in [5, 5.41) is 3.11. The van der Waals surface area contributed by atoms with Gasteiger partial charge in [0.15, 0.2) is 11.5 Å². The zero-order chi connectivity index (χ0) is 27.1. The van der Waals surface area contributed by atoms with Crippen molar-refractivity contribution in [2.45, 2.75) is 58.2 Å². The first-order chi connectivity index (χ1) is 18.2. The van der Waals surface area contributed by atoms with Gasteiger partial charge in [-0.25, -0.2) is 0 Å². The van der Waals surface area contributed by atoms with Crippen molar-refractivity contribution in [1.29, 1.82) is 0 Å². The van der Waals surface area contributed by atoms with E-state index in [0.717, 1.165) is 26.9 Å². The number of carbonyl (C=O) groups excluding carboxylic acids is 2. The van der Waals surface area contributed by atoms with E-state index in [1.165, 1.54) is 0 Å². The molecule has 1 aliphatic heterocycles. The summed E-state index contributed by atoms with van der Waals surface area (Å²) in [7, 11) is 0. The quantitative estimate of drug-likeness (QED) is 0.353. The van der Waals surface area contributed by atoms with E-state index in [9.17, 15) is 9.59 Å². The first-order valence-corrected chi connectivity index (χ1v) is 13.8. The maximum Gasteiger partial charge on any atom is 0.243 e. The summed E-state index contributed by atoms with van der Waals surface area (Å²) < 4.78 is 12.3. The molecule has 200 valence electrons. The smallest absolute Gasteiger partial charge is 0.243 e. The minimum Gasteiger partial charge on any atom is -0.486 e. The van der Waals surface area contributed by atoms with Crippen LogP contribution < -0.4 is 14.8 Å². The zero-order valence-electron chi connectivity index (χ0n) is 22.2. The molecule has 0 radical (unpaired) electrons. The van der Waals surface area contributed by atoms with Crippen LogP contribution in [0.2, 0.25) is 0 Å². The average molecular weight is 580 g/mol. The molecule has 0 aliphatic carbocycles. The normalized spacial score (nSPS) is 13.5. The molecule has 7 heteroatoms. The molecule has 38 heavy (non-hydrogen) atoms. The lowest BCUT2D eigenvalue weighted by Crippen LogP contribution is -2.54. The van der Waals surface area contributed by atoms with Crippen LogP contribution in [0.1, 0.15) is 43.9 Å². The topological polar surface area (TPSA) is 67.9 Å². The number of fused-ring (bicyclic) bond motifs is 1. The van der Waals surface area contributed by atoms with E-state index < -0.39 is 11.6 Å². The van der Waals surface area contributed by atoms with Crippen molar-refractivity contribution in [3.05, 3.63) is 94.0 Å². The van der Waals surface area contributed by atoms with E-state index in [1.54, 1.807) is 4.90 Å². The van der Waals surface area contributed by atoms with Gasteiger partial charge in [-0.05, 0) is 68.1 Å². The third-order valence-corrected chi connectivity index (χ3v) is 6.80. The van der Waals surface area contributed by atoms with Crippen LogP contribution in [0.25, 0.3) is 0 Å². The fourth-order valence-corrected chi connectivity index (χ4v) is 4.70. The highest BCUT2D eigenvalue weighted by Gasteiger charge is 2.32. The number of amides is 2. The SMILES string of the molecule is CC(C)(C)NC(=O)[C@@H](Cc1ccccc1)N(Cc1ccc(Br)cc1)C(=O)CCc1ccc2c(c1)OCCO2. The van der Waals surface area contributed by atoms with Gasteiger partial charge in [-0.2, -0.15) is 0 Å². The lowest BCUT2D eigenvalue weighted by Gasteiger charge is -2.34. The number of aryl methyl sites for hydroxylation is 1. The Kier molecular flexibility index (Phi) is 9.10. The Morgan fingerprint density at radius 2 is 1.55 bits per heavy atom. The van der Waals surface area contributed by atoms with Gasteiger partial charge in [0.05, 0.1) is 0 Å². The van der Waals surface area contributed by atoms with Crippen molar-refractivity contribution in [2.75, 3.05) is 13.2 Å². The van der Waals surface area contributed by atoms with Gasteiger partial charge in [-0.1, -0.05) is 64.5 Å². The molecule has 0 aromatic heterocycles. The second kappa shape index (κ2) is 12.5. The summed E-state index contributed by atoms with van der Waals surface area (Å²) in [4.78, 5) is 29.2. The van der Waals surface area contributed by atoms with Crippen LogP contribution >= 0.6 is 15.9 Å². The number of rotatable bonds is 9. The maximum atomic E-state index is 13.9. The summed E-state index contributed by atoms with van der Waals surface area (Å²) in [6, 6.07) is 22.9. The van der Waals surface area contributed by atoms with Crippen LogP contribution in [0, 0.1) is 0 Å². The molecule has 0 fully saturated rings. The van der Waals surface area contributed by atoms with E-state index in [2.05, 4.69) is 21.2 Å². The van der Waals surface area contributed by atoms with E-state index in [4.69, 9.17) is 9.47 Å². The minimum absolute atomic E-state index is 0.0761. The molecule has 1 N–H and O–H groups in total. The van der Waals surface area contributed by atoms with Gasteiger partial charge in [0.1, 0.15) is 19.3 Å². The highest BCUT2D eigenvalue weighted by molar-refractivity contribution is 9.10. The van der Waals surface area contributed by atoms with Gasteiger partial charge in [-0.3, -0.25) is 9.59 Å².